The summed E-state index contributed by atoms with van der Waals surface area (Å²) in [6.45, 7) is 3.71. The first-order valence-electron chi connectivity index (χ1n) is 7.83. The number of hydrogen-bond donors (Lipinski definition) is 1. The molecule has 0 aromatic heterocycles. The van der Waals surface area contributed by atoms with Crippen LogP contribution in [-0.4, -0.2) is 18.4 Å². The molecule has 0 unspecified atom stereocenters. The summed E-state index contributed by atoms with van der Waals surface area (Å²) in [5.41, 5.74) is 1.43. The smallest absolute Gasteiger partial charge is 0.240 e. The highest BCUT2D eigenvalue weighted by Gasteiger charge is 2.53. The second kappa shape index (κ2) is 5.60. The Hall–Kier alpha value is -1.68. The van der Waals surface area contributed by atoms with Crippen molar-refractivity contribution in [2.45, 2.75) is 45.6 Å². The molecule has 1 saturated carbocycles. The van der Waals surface area contributed by atoms with Gasteiger partial charge in [0.25, 0.3) is 0 Å². The molecule has 1 aromatic carbocycles. The van der Waals surface area contributed by atoms with Gasteiger partial charge in [-0.2, -0.15) is 0 Å². The summed E-state index contributed by atoms with van der Waals surface area (Å²) in [5, 5.41) is 3.26. The molecule has 0 atom stereocenters. The summed E-state index contributed by atoms with van der Waals surface area (Å²) in [7, 11) is 0. The lowest BCUT2D eigenvalue weighted by Gasteiger charge is -2.21. The van der Waals surface area contributed by atoms with Gasteiger partial charge >= 0.3 is 0 Å². The molecule has 1 saturated heterocycles. The summed E-state index contributed by atoms with van der Waals surface area (Å²) in [6.07, 6.45) is 4.25. The van der Waals surface area contributed by atoms with Crippen molar-refractivity contribution in [3.8, 4) is 0 Å². The predicted molar refractivity (Wildman–Crippen MR) is 81.8 cm³/mol. The van der Waals surface area contributed by atoms with Crippen LogP contribution in [-0.2, 0) is 16.1 Å². The normalized spacial score (nSPS) is 20.7. The first-order chi connectivity index (χ1) is 10.2. The van der Waals surface area contributed by atoms with Gasteiger partial charge in [0.05, 0.1) is 11.1 Å². The van der Waals surface area contributed by atoms with Gasteiger partial charge in [0, 0.05) is 13.0 Å². The van der Waals surface area contributed by atoms with Gasteiger partial charge in [0.1, 0.15) is 0 Å². The third kappa shape index (κ3) is 2.48. The predicted octanol–water partition coefficient (Wildman–Crippen LogP) is 2.62. The minimum absolute atomic E-state index is 0.0191. The number of imide groups is 1. The molecule has 1 aliphatic heterocycles. The van der Waals surface area contributed by atoms with Crippen molar-refractivity contribution in [3.05, 3.63) is 29.8 Å². The molecule has 2 fully saturated rings. The topological polar surface area (TPSA) is 49.4 Å². The number of amides is 2. The van der Waals surface area contributed by atoms with Crippen LogP contribution in [0.15, 0.2) is 24.3 Å². The molecule has 1 aromatic rings. The van der Waals surface area contributed by atoms with Crippen molar-refractivity contribution in [1.82, 2.24) is 5.32 Å². The summed E-state index contributed by atoms with van der Waals surface area (Å²) in [4.78, 5) is 26.5. The van der Waals surface area contributed by atoms with Gasteiger partial charge in [-0.25, -0.2) is 0 Å². The van der Waals surface area contributed by atoms with Crippen molar-refractivity contribution in [3.63, 3.8) is 0 Å². The average molecular weight is 286 g/mol. The molecule has 2 amide bonds. The van der Waals surface area contributed by atoms with Crippen molar-refractivity contribution in [2.75, 3.05) is 11.4 Å². The van der Waals surface area contributed by atoms with E-state index in [0.29, 0.717) is 6.42 Å². The molecule has 3 rings (SSSR count). The lowest BCUT2D eigenvalue weighted by Crippen LogP contribution is -2.34. The molecular formula is C17H22N2O2. The van der Waals surface area contributed by atoms with E-state index < -0.39 is 5.41 Å². The Bertz CT molecular complexity index is 562. The minimum Gasteiger partial charge on any atom is -0.313 e. The first kappa shape index (κ1) is 14.3. The number of rotatable bonds is 4. The number of nitrogens with zero attached hydrogens (tertiary/aromatic N) is 1. The zero-order valence-corrected chi connectivity index (χ0v) is 12.5. The number of benzene rings is 1. The fraction of sp³-hybridized carbons (Fsp3) is 0.529. The molecule has 4 nitrogen and oxygen atoms in total. The molecule has 1 heterocycles. The zero-order chi connectivity index (χ0) is 14.9. The number of nitrogens with one attached hydrogen (secondary N) is 1. The summed E-state index contributed by atoms with van der Waals surface area (Å²) in [6, 6.07) is 7.75. The third-order valence-electron chi connectivity index (χ3n) is 4.70. The summed E-state index contributed by atoms with van der Waals surface area (Å²) < 4.78 is 0. The fourth-order valence-electron chi connectivity index (χ4n) is 3.57. The maximum atomic E-state index is 12.8. The third-order valence-corrected chi connectivity index (χ3v) is 4.70. The van der Waals surface area contributed by atoms with E-state index >= 15 is 0 Å². The summed E-state index contributed by atoms with van der Waals surface area (Å²) in [5.74, 6) is -0.0203. The molecular weight excluding hydrogens is 264 g/mol. The van der Waals surface area contributed by atoms with Crippen LogP contribution in [0.5, 0.6) is 0 Å². The Morgan fingerprint density at radius 2 is 2.00 bits per heavy atom. The van der Waals surface area contributed by atoms with E-state index in [1.165, 1.54) is 4.90 Å². The fourth-order valence-corrected chi connectivity index (χ4v) is 3.57. The Morgan fingerprint density at radius 1 is 1.24 bits per heavy atom. The highest BCUT2D eigenvalue weighted by atomic mass is 16.2. The minimum atomic E-state index is -0.394. The lowest BCUT2D eigenvalue weighted by molar-refractivity contribution is -0.125. The van der Waals surface area contributed by atoms with Gasteiger partial charge < -0.3 is 5.32 Å². The van der Waals surface area contributed by atoms with Gasteiger partial charge in [-0.15, -0.1) is 0 Å². The van der Waals surface area contributed by atoms with E-state index in [4.69, 9.17) is 0 Å². The second-order valence-corrected chi connectivity index (χ2v) is 6.15. The molecule has 21 heavy (non-hydrogen) atoms. The van der Waals surface area contributed by atoms with E-state index in [0.717, 1.165) is 50.0 Å². The van der Waals surface area contributed by atoms with Crippen LogP contribution < -0.4 is 10.2 Å². The van der Waals surface area contributed by atoms with Gasteiger partial charge in [-0.05, 0) is 37.1 Å². The number of carbonyl (C=O) groups is 2. The quantitative estimate of drug-likeness (QED) is 0.866. The molecule has 0 radical (unpaired) electrons. The van der Waals surface area contributed by atoms with E-state index in [-0.39, 0.29) is 11.8 Å². The van der Waals surface area contributed by atoms with Crippen LogP contribution in [0.1, 0.15) is 44.6 Å². The molecule has 1 spiro atoms. The molecule has 0 bridgehead atoms. The average Bonchev–Trinajstić information content (AvgIpc) is 3.04. The van der Waals surface area contributed by atoms with E-state index in [1.54, 1.807) is 0 Å². The second-order valence-electron chi connectivity index (χ2n) is 6.15. The zero-order valence-electron chi connectivity index (χ0n) is 12.5. The van der Waals surface area contributed by atoms with Crippen LogP contribution in [0.3, 0.4) is 0 Å². The number of hydrogen-bond acceptors (Lipinski definition) is 3. The first-order valence-corrected chi connectivity index (χ1v) is 7.83. The molecule has 1 N–H and O–H groups in total. The van der Waals surface area contributed by atoms with Crippen molar-refractivity contribution in [2.24, 2.45) is 5.41 Å². The number of carbonyl (C=O) groups excluding carboxylic acids is 2. The van der Waals surface area contributed by atoms with Crippen LogP contribution in [0.4, 0.5) is 5.69 Å². The van der Waals surface area contributed by atoms with Crippen LogP contribution in [0.25, 0.3) is 0 Å². The molecule has 2 aliphatic rings. The van der Waals surface area contributed by atoms with Crippen LogP contribution in [0.2, 0.25) is 0 Å². The van der Waals surface area contributed by atoms with Gasteiger partial charge in [-0.1, -0.05) is 31.9 Å². The largest absolute Gasteiger partial charge is 0.313 e. The van der Waals surface area contributed by atoms with Crippen molar-refractivity contribution >= 4 is 17.5 Å². The van der Waals surface area contributed by atoms with Gasteiger partial charge in [-0.3, -0.25) is 14.5 Å². The Balaban J connectivity index is 1.86. The highest BCUT2D eigenvalue weighted by Crippen LogP contribution is 2.47. The Labute approximate surface area is 125 Å². The van der Waals surface area contributed by atoms with Crippen molar-refractivity contribution < 1.29 is 9.59 Å². The maximum Gasteiger partial charge on any atom is 0.240 e. The molecule has 4 heteroatoms. The van der Waals surface area contributed by atoms with Crippen LogP contribution >= 0.6 is 0 Å². The monoisotopic (exact) mass is 286 g/mol. The van der Waals surface area contributed by atoms with Crippen molar-refractivity contribution in [1.29, 1.82) is 0 Å². The number of anilines is 1. The SMILES string of the molecule is CCNCc1cccc(N2C(=O)CC3(CCCC3)C2=O)c1. The molecule has 1 aliphatic carbocycles. The highest BCUT2D eigenvalue weighted by molar-refractivity contribution is 6.22. The molecule has 112 valence electrons. The Morgan fingerprint density at radius 3 is 2.71 bits per heavy atom. The standard InChI is InChI=1S/C17H22N2O2/c1-2-18-12-13-6-5-7-14(10-13)19-15(20)11-17(16(19)21)8-3-4-9-17/h5-7,10,18H,2-4,8-9,11-12H2,1H3. The van der Waals surface area contributed by atoms with Gasteiger partial charge in [0.15, 0.2) is 0 Å². The Kier molecular flexibility index (Phi) is 3.81. The summed E-state index contributed by atoms with van der Waals surface area (Å²) >= 11 is 0. The maximum absolute atomic E-state index is 12.8. The van der Waals surface area contributed by atoms with Gasteiger partial charge in [0.2, 0.25) is 11.8 Å². The van der Waals surface area contributed by atoms with E-state index in [9.17, 15) is 9.59 Å². The van der Waals surface area contributed by atoms with Crippen LogP contribution in [0, 0.1) is 5.41 Å². The van der Waals surface area contributed by atoms with E-state index in [1.807, 2.05) is 24.3 Å². The van der Waals surface area contributed by atoms with E-state index in [2.05, 4.69) is 12.2 Å². The lowest BCUT2D eigenvalue weighted by atomic mass is 9.84.